The van der Waals surface area contributed by atoms with Gasteiger partial charge in [-0.05, 0) is 44.4 Å². The number of nitrogens with one attached hydrogen (secondary N) is 1. The molecule has 4 rings (SSSR count). The number of aryl methyl sites for hydroxylation is 1. The lowest BCUT2D eigenvalue weighted by Crippen LogP contribution is -2.46. The lowest BCUT2D eigenvalue weighted by molar-refractivity contribution is 0.0944. The minimum Gasteiger partial charge on any atom is -0.474 e. The van der Waals surface area contributed by atoms with E-state index in [1.54, 1.807) is 24.3 Å². The van der Waals surface area contributed by atoms with Crippen LogP contribution in [0, 0.1) is 11.3 Å². The van der Waals surface area contributed by atoms with Gasteiger partial charge in [-0.2, -0.15) is 10.2 Å². The third kappa shape index (κ3) is 4.65. The molecule has 1 amide bonds. The second kappa shape index (κ2) is 9.53. The van der Waals surface area contributed by atoms with Crippen molar-refractivity contribution in [3.63, 3.8) is 0 Å². The van der Waals surface area contributed by atoms with Crippen molar-refractivity contribution in [3.8, 4) is 11.9 Å². The van der Waals surface area contributed by atoms with Gasteiger partial charge >= 0.3 is 0 Å². The van der Waals surface area contributed by atoms with Gasteiger partial charge in [0.1, 0.15) is 17.7 Å². The Hall–Kier alpha value is -3.89. The Kier molecular flexibility index (Phi) is 6.74. The summed E-state index contributed by atoms with van der Waals surface area (Å²) in [7, 11) is -2.33. The van der Waals surface area contributed by atoms with Crippen LogP contribution in [0.15, 0.2) is 35.4 Å². The number of nitrogens with zero attached hydrogens (tertiary/aromatic N) is 5. The molecular weight excluding hydrogens is 500 g/mol. The summed E-state index contributed by atoms with van der Waals surface area (Å²) in [6.07, 6.45) is 1.91. The van der Waals surface area contributed by atoms with Crippen LogP contribution < -0.4 is 15.6 Å². The molecule has 1 aromatic carbocycles. The minimum atomic E-state index is -3.74. The molecule has 0 radical (unpaired) electrons. The molecule has 2 aromatic heterocycles. The lowest BCUT2D eigenvalue weighted by Gasteiger charge is -2.28. The molecule has 1 fully saturated rings. The Balaban J connectivity index is 1.58. The summed E-state index contributed by atoms with van der Waals surface area (Å²) in [6.45, 7) is 2.30. The standard InChI is InChI=1S/C24H26N6O6S/c1-23(2,12-31)37(34,35)24(8-9-24)13-36-21-18-19(27-14-28-21)29-17(22(33)30(18)3)20(32)26-11-16-6-4-15(10-25)5-7-16/h4-7,14,31H,8-9,11-13H2,1-3H3,(H,26,32). The van der Waals surface area contributed by atoms with Gasteiger partial charge in [0.2, 0.25) is 5.88 Å². The second-order valence-corrected chi connectivity index (χ2v) is 12.5. The normalized spacial score (nSPS) is 14.7. The number of carbonyl (C=O) groups excluding carboxylic acids is 1. The third-order valence-corrected chi connectivity index (χ3v) is 9.79. The minimum absolute atomic E-state index is 0.0269. The van der Waals surface area contributed by atoms with E-state index < -0.39 is 37.4 Å². The van der Waals surface area contributed by atoms with Gasteiger partial charge in [0.15, 0.2) is 26.7 Å². The van der Waals surface area contributed by atoms with Crippen molar-refractivity contribution in [3.05, 3.63) is 57.8 Å². The van der Waals surface area contributed by atoms with Crippen LogP contribution in [0.2, 0.25) is 0 Å². The number of nitriles is 1. The Labute approximate surface area is 212 Å². The van der Waals surface area contributed by atoms with Crippen molar-refractivity contribution in [2.24, 2.45) is 7.05 Å². The maximum atomic E-state index is 13.1. The van der Waals surface area contributed by atoms with Crippen molar-refractivity contribution in [2.45, 2.75) is 42.7 Å². The number of rotatable bonds is 9. The number of aliphatic hydroxyl groups is 1. The first kappa shape index (κ1) is 26.2. The van der Waals surface area contributed by atoms with Crippen LogP contribution in [0.4, 0.5) is 0 Å². The van der Waals surface area contributed by atoms with Gasteiger partial charge in [0, 0.05) is 13.6 Å². The number of amides is 1. The van der Waals surface area contributed by atoms with E-state index in [0.717, 1.165) is 16.5 Å². The van der Waals surface area contributed by atoms with E-state index >= 15 is 0 Å². The van der Waals surface area contributed by atoms with E-state index in [9.17, 15) is 23.1 Å². The summed E-state index contributed by atoms with van der Waals surface area (Å²) in [5, 5.41) is 21.1. The molecule has 3 aromatic rings. The van der Waals surface area contributed by atoms with Crippen LogP contribution in [0.3, 0.4) is 0 Å². The van der Waals surface area contributed by atoms with Crippen molar-refractivity contribution >= 4 is 26.9 Å². The van der Waals surface area contributed by atoms with E-state index in [2.05, 4.69) is 20.3 Å². The van der Waals surface area contributed by atoms with Gasteiger partial charge in [-0.1, -0.05) is 12.1 Å². The summed E-state index contributed by atoms with van der Waals surface area (Å²) in [5.74, 6) is -0.743. The van der Waals surface area contributed by atoms with Crippen LogP contribution in [0.1, 0.15) is 48.3 Å². The number of benzene rings is 1. The summed E-state index contributed by atoms with van der Waals surface area (Å²) >= 11 is 0. The van der Waals surface area contributed by atoms with Crippen molar-refractivity contribution < 1.29 is 23.1 Å². The average molecular weight is 527 g/mol. The maximum absolute atomic E-state index is 13.1. The molecular formula is C24H26N6O6S. The second-order valence-electron chi connectivity index (χ2n) is 9.56. The van der Waals surface area contributed by atoms with Crippen LogP contribution in [0.25, 0.3) is 11.2 Å². The highest BCUT2D eigenvalue weighted by Gasteiger charge is 2.60. The van der Waals surface area contributed by atoms with Crippen LogP contribution in [0.5, 0.6) is 5.88 Å². The molecule has 37 heavy (non-hydrogen) atoms. The zero-order valence-corrected chi connectivity index (χ0v) is 21.4. The number of aromatic nitrogens is 4. The first-order valence-electron chi connectivity index (χ1n) is 11.4. The largest absolute Gasteiger partial charge is 0.474 e. The fraction of sp³-hybridized carbons (Fsp3) is 0.417. The molecule has 0 saturated heterocycles. The zero-order valence-electron chi connectivity index (χ0n) is 20.6. The molecule has 1 saturated carbocycles. The molecule has 12 nitrogen and oxygen atoms in total. The monoisotopic (exact) mass is 526 g/mol. The van der Waals surface area contributed by atoms with Gasteiger partial charge in [-0.25, -0.2) is 18.4 Å². The van der Waals surface area contributed by atoms with Gasteiger partial charge in [0.25, 0.3) is 11.5 Å². The number of ether oxygens (including phenoxy) is 1. The molecule has 13 heteroatoms. The summed E-state index contributed by atoms with van der Waals surface area (Å²) in [5.41, 5.74) is 0.278. The smallest absolute Gasteiger partial charge is 0.282 e. The predicted molar refractivity (Wildman–Crippen MR) is 132 cm³/mol. The Bertz CT molecular complexity index is 1570. The van der Waals surface area contributed by atoms with Crippen LogP contribution in [-0.2, 0) is 23.4 Å². The fourth-order valence-electron chi connectivity index (χ4n) is 3.86. The van der Waals surface area contributed by atoms with Crippen molar-refractivity contribution in [2.75, 3.05) is 13.2 Å². The molecule has 0 unspecified atom stereocenters. The maximum Gasteiger partial charge on any atom is 0.282 e. The number of aliphatic hydroxyl groups excluding tert-OH is 1. The zero-order chi connectivity index (χ0) is 27.0. The Morgan fingerprint density at radius 3 is 2.54 bits per heavy atom. The number of hydrogen-bond acceptors (Lipinski definition) is 10. The van der Waals surface area contributed by atoms with E-state index in [4.69, 9.17) is 10.00 Å². The molecule has 0 bridgehead atoms. The van der Waals surface area contributed by atoms with E-state index in [1.807, 2.05) is 6.07 Å². The molecule has 0 spiro atoms. The molecule has 0 aliphatic heterocycles. The van der Waals surface area contributed by atoms with Gasteiger partial charge in [0.05, 0.1) is 23.0 Å². The molecule has 2 heterocycles. The number of sulfone groups is 1. The highest BCUT2D eigenvalue weighted by Crippen LogP contribution is 2.48. The summed E-state index contributed by atoms with van der Waals surface area (Å²) in [4.78, 5) is 38.0. The van der Waals surface area contributed by atoms with Gasteiger partial charge in [-0.15, -0.1) is 0 Å². The molecule has 1 aliphatic carbocycles. The Morgan fingerprint density at radius 2 is 1.95 bits per heavy atom. The van der Waals surface area contributed by atoms with Gasteiger partial charge < -0.3 is 19.7 Å². The highest BCUT2D eigenvalue weighted by atomic mass is 32.2. The topological polar surface area (TPSA) is 177 Å². The van der Waals surface area contributed by atoms with Gasteiger partial charge in [-0.3, -0.25) is 9.59 Å². The van der Waals surface area contributed by atoms with Crippen molar-refractivity contribution in [1.29, 1.82) is 5.26 Å². The van der Waals surface area contributed by atoms with E-state index in [1.165, 1.54) is 20.9 Å². The van der Waals surface area contributed by atoms with Crippen molar-refractivity contribution in [1.82, 2.24) is 24.8 Å². The summed E-state index contributed by atoms with van der Waals surface area (Å²) < 4.78 is 30.6. The fourth-order valence-corrected chi connectivity index (χ4v) is 6.06. The highest BCUT2D eigenvalue weighted by molar-refractivity contribution is 7.94. The molecule has 194 valence electrons. The van der Waals surface area contributed by atoms with E-state index in [-0.39, 0.29) is 35.9 Å². The third-order valence-electron chi connectivity index (χ3n) is 6.54. The van der Waals surface area contributed by atoms with E-state index in [0.29, 0.717) is 18.4 Å². The molecule has 1 aliphatic rings. The Morgan fingerprint density at radius 1 is 1.27 bits per heavy atom. The molecule has 2 N–H and O–H groups in total. The average Bonchev–Trinajstić information content (AvgIpc) is 3.70. The molecule has 0 atom stereocenters. The van der Waals surface area contributed by atoms with Crippen LogP contribution in [-0.4, -0.2) is 61.7 Å². The number of fused-ring (bicyclic) bond motifs is 1. The first-order chi connectivity index (χ1) is 17.5. The quantitative estimate of drug-likeness (QED) is 0.402. The first-order valence-corrected chi connectivity index (χ1v) is 12.9. The number of carbonyl (C=O) groups is 1. The van der Waals surface area contributed by atoms with Crippen LogP contribution >= 0.6 is 0 Å². The summed E-state index contributed by atoms with van der Waals surface area (Å²) in [6, 6.07) is 8.63. The lowest BCUT2D eigenvalue weighted by atomic mass is 10.1. The number of hydrogen-bond donors (Lipinski definition) is 2. The predicted octanol–water partition coefficient (Wildman–Crippen LogP) is 0.622. The SMILES string of the molecule is Cn1c(=O)c(C(=O)NCc2ccc(C#N)cc2)nc2ncnc(OCC3(S(=O)(=O)C(C)(C)CO)CC3)c21.